The van der Waals surface area contributed by atoms with Gasteiger partial charge in [-0.05, 0) is 5.56 Å². The zero-order valence-corrected chi connectivity index (χ0v) is 11.7. The summed E-state index contributed by atoms with van der Waals surface area (Å²) in [6, 6.07) is 13.5. The van der Waals surface area contributed by atoms with Crippen LogP contribution in [-0.2, 0) is 11.4 Å². The van der Waals surface area contributed by atoms with Gasteiger partial charge in [-0.2, -0.15) is 0 Å². The minimum absolute atomic E-state index is 0.0671. The first-order valence-corrected chi connectivity index (χ1v) is 6.69. The molecule has 21 heavy (non-hydrogen) atoms. The van der Waals surface area contributed by atoms with Crippen LogP contribution in [0.5, 0.6) is 11.5 Å². The number of carbonyl (C=O) groups is 1. The lowest BCUT2D eigenvalue weighted by Gasteiger charge is -2.21. The highest BCUT2D eigenvalue weighted by atomic mass is 16.5. The van der Waals surface area contributed by atoms with Gasteiger partial charge in [0.05, 0.1) is 25.0 Å². The molecule has 2 aromatic rings. The molecule has 0 unspecified atom stereocenters. The molecule has 0 radical (unpaired) electrons. The Bertz CT molecular complexity index is 656. The molecule has 0 saturated carbocycles. The predicted octanol–water partition coefficient (Wildman–Crippen LogP) is 2.64. The first kappa shape index (κ1) is 13.3. The Balaban J connectivity index is 1.83. The van der Waals surface area contributed by atoms with Gasteiger partial charge in [0, 0.05) is 12.1 Å². The van der Waals surface area contributed by atoms with Gasteiger partial charge >= 0.3 is 0 Å². The molecule has 1 aliphatic rings. The van der Waals surface area contributed by atoms with Crippen LogP contribution in [0.15, 0.2) is 42.5 Å². The minimum Gasteiger partial charge on any atom is -0.493 e. The summed E-state index contributed by atoms with van der Waals surface area (Å²) in [5.41, 5.74) is 2.62. The summed E-state index contributed by atoms with van der Waals surface area (Å²) in [6.45, 7) is 0.722. The zero-order valence-electron chi connectivity index (χ0n) is 11.7. The number of methoxy groups -OCH3 is 1. The van der Waals surface area contributed by atoms with Crippen molar-refractivity contribution >= 4 is 17.3 Å². The summed E-state index contributed by atoms with van der Waals surface area (Å²) in [5, 5.41) is 5.85. The van der Waals surface area contributed by atoms with Crippen LogP contribution in [0.4, 0.5) is 11.4 Å². The van der Waals surface area contributed by atoms with Crippen molar-refractivity contribution in [2.75, 3.05) is 24.3 Å². The lowest BCUT2D eigenvalue weighted by Crippen LogP contribution is -2.27. The first-order chi connectivity index (χ1) is 10.3. The van der Waals surface area contributed by atoms with Crippen LogP contribution in [0.3, 0.4) is 0 Å². The third-order valence-electron chi connectivity index (χ3n) is 3.25. The van der Waals surface area contributed by atoms with E-state index in [0.717, 1.165) is 11.3 Å². The monoisotopic (exact) mass is 284 g/mol. The largest absolute Gasteiger partial charge is 0.493 e. The third-order valence-corrected chi connectivity index (χ3v) is 3.25. The Morgan fingerprint density at radius 1 is 1.10 bits per heavy atom. The average Bonchev–Trinajstić information content (AvgIpc) is 2.53. The van der Waals surface area contributed by atoms with E-state index in [1.165, 1.54) is 0 Å². The van der Waals surface area contributed by atoms with Crippen molar-refractivity contribution in [1.29, 1.82) is 0 Å². The van der Waals surface area contributed by atoms with Crippen molar-refractivity contribution in [3.63, 3.8) is 0 Å². The van der Waals surface area contributed by atoms with Crippen molar-refractivity contribution < 1.29 is 14.3 Å². The fraction of sp³-hybridized carbons (Fsp3) is 0.188. The predicted molar refractivity (Wildman–Crippen MR) is 80.9 cm³/mol. The molecule has 0 aliphatic carbocycles. The number of benzene rings is 2. The van der Waals surface area contributed by atoms with Gasteiger partial charge in [0.15, 0.2) is 11.5 Å². The highest BCUT2D eigenvalue weighted by molar-refractivity contribution is 6.01. The normalized spacial score (nSPS) is 12.9. The van der Waals surface area contributed by atoms with Crippen LogP contribution >= 0.6 is 0 Å². The number of fused-ring (bicyclic) bond motifs is 1. The van der Waals surface area contributed by atoms with E-state index in [4.69, 9.17) is 9.47 Å². The average molecular weight is 284 g/mol. The highest BCUT2D eigenvalue weighted by Crippen LogP contribution is 2.38. The van der Waals surface area contributed by atoms with E-state index in [1.54, 1.807) is 13.2 Å². The molecule has 0 bridgehead atoms. The number of hydrogen-bond donors (Lipinski definition) is 2. The number of rotatable bonds is 4. The Labute approximate surface area is 122 Å². The van der Waals surface area contributed by atoms with Crippen molar-refractivity contribution in [2.45, 2.75) is 6.61 Å². The maximum atomic E-state index is 11.4. The maximum Gasteiger partial charge on any atom is 0.243 e. The van der Waals surface area contributed by atoms with Gasteiger partial charge in [-0.25, -0.2) is 0 Å². The summed E-state index contributed by atoms with van der Waals surface area (Å²) in [7, 11) is 1.58. The number of nitrogens with one attached hydrogen (secondary N) is 2. The fourth-order valence-corrected chi connectivity index (χ4v) is 2.19. The Morgan fingerprint density at radius 2 is 1.86 bits per heavy atom. The molecule has 108 valence electrons. The number of carbonyl (C=O) groups excluding carboxylic acids is 1. The van der Waals surface area contributed by atoms with Crippen molar-refractivity contribution in [3.8, 4) is 11.5 Å². The molecule has 1 amide bonds. The van der Waals surface area contributed by atoms with E-state index < -0.39 is 0 Å². The molecular formula is C16H16N2O3. The standard InChI is InChI=1S/C16H16N2O3/c1-20-14-8-13-12(17-9-16(19)18-13)7-15(14)21-10-11-5-3-2-4-6-11/h2-8,17H,9-10H2,1H3,(H,18,19). The first-order valence-electron chi connectivity index (χ1n) is 6.69. The van der Waals surface area contributed by atoms with Crippen LogP contribution in [0.25, 0.3) is 0 Å². The van der Waals surface area contributed by atoms with Gasteiger partial charge in [-0.3, -0.25) is 4.79 Å². The summed E-state index contributed by atoms with van der Waals surface area (Å²) in [5.74, 6) is 1.17. The Hall–Kier alpha value is -2.69. The summed E-state index contributed by atoms with van der Waals surface area (Å²) < 4.78 is 11.2. The van der Waals surface area contributed by atoms with Gasteiger partial charge in [-0.15, -0.1) is 0 Å². The molecule has 3 rings (SSSR count). The van der Waals surface area contributed by atoms with E-state index in [-0.39, 0.29) is 12.5 Å². The topological polar surface area (TPSA) is 59.6 Å². The van der Waals surface area contributed by atoms with Crippen LogP contribution in [0, 0.1) is 0 Å². The summed E-state index contributed by atoms with van der Waals surface area (Å²) in [6.07, 6.45) is 0. The van der Waals surface area contributed by atoms with E-state index in [9.17, 15) is 4.79 Å². The third kappa shape index (κ3) is 2.91. The van der Waals surface area contributed by atoms with Crippen molar-refractivity contribution in [1.82, 2.24) is 0 Å². The molecule has 5 nitrogen and oxygen atoms in total. The molecule has 0 atom stereocenters. The second kappa shape index (κ2) is 5.75. The SMILES string of the molecule is COc1cc2c(cc1OCc1ccccc1)NCC(=O)N2. The second-order valence-corrected chi connectivity index (χ2v) is 4.72. The lowest BCUT2D eigenvalue weighted by atomic mass is 10.2. The molecular weight excluding hydrogens is 268 g/mol. The quantitative estimate of drug-likeness (QED) is 0.906. The van der Waals surface area contributed by atoms with Crippen molar-refractivity contribution in [2.24, 2.45) is 0 Å². The summed E-state index contributed by atoms with van der Waals surface area (Å²) >= 11 is 0. The Kier molecular flexibility index (Phi) is 3.64. The van der Waals surface area contributed by atoms with Gasteiger partial charge in [-0.1, -0.05) is 30.3 Å². The maximum absolute atomic E-state index is 11.4. The van der Waals surface area contributed by atoms with Gasteiger partial charge in [0.25, 0.3) is 0 Å². The van der Waals surface area contributed by atoms with Crippen LogP contribution in [-0.4, -0.2) is 19.6 Å². The number of amides is 1. The van der Waals surface area contributed by atoms with E-state index in [2.05, 4.69) is 10.6 Å². The Morgan fingerprint density at radius 3 is 2.62 bits per heavy atom. The van der Waals surface area contributed by atoms with Crippen LogP contribution in [0.2, 0.25) is 0 Å². The van der Waals surface area contributed by atoms with E-state index in [1.807, 2.05) is 36.4 Å². The van der Waals surface area contributed by atoms with Gasteiger partial charge in [0.1, 0.15) is 6.61 Å². The molecule has 1 heterocycles. The number of anilines is 2. The van der Waals surface area contributed by atoms with Gasteiger partial charge in [0.2, 0.25) is 5.91 Å². The molecule has 0 aromatic heterocycles. The molecule has 0 spiro atoms. The molecule has 5 heteroatoms. The van der Waals surface area contributed by atoms with E-state index in [0.29, 0.717) is 23.8 Å². The zero-order chi connectivity index (χ0) is 14.7. The summed E-state index contributed by atoms with van der Waals surface area (Å²) in [4.78, 5) is 11.4. The lowest BCUT2D eigenvalue weighted by molar-refractivity contribution is -0.114. The van der Waals surface area contributed by atoms with E-state index >= 15 is 0 Å². The minimum atomic E-state index is -0.0671. The number of hydrogen-bond acceptors (Lipinski definition) is 4. The van der Waals surface area contributed by atoms with Crippen LogP contribution in [0.1, 0.15) is 5.56 Å². The van der Waals surface area contributed by atoms with Crippen LogP contribution < -0.4 is 20.1 Å². The van der Waals surface area contributed by atoms with Crippen molar-refractivity contribution in [3.05, 3.63) is 48.0 Å². The van der Waals surface area contributed by atoms with Gasteiger partial charge < -0.3 is 20.1 Å². The molecule has 0 saturated heterocycles. The fourth-order valence-electron chi connectivity index (χ4n) is 2.19. The molecule has 2 N–H and O–H groups in total. The molecule has 0 fully saturated rings. The number of ether oxygens (including phenoxy) is 2. The molecule has 2 aromatic carbocycles. The molecule has 1 aliphatic heterocycles. The smallest absolute Gasteiger partial charge is 0.243 e. The highest BCUT2D eigenvalue weighted by Gasteiger charge is 2.18. The second-order valence-electron chi connectivity index (χ2n) is 4.72.